The van der Waals surface area contributed by atoms with Crippen LogP contribution < -0.4 is 0 Å². The van der Waals surface area contributed by atoms with Crippen molar-refractivity contribution >= 4 is 11.9 Å². The molecule has 4 nitrogen and oxygen atoms in total. The third-order valence-electron chi connectivity index (χ3n) is 9.70. The summed E-state index contributed by atoms with van der Waals surface area (Å²) in [6, 6.07) is 0. The van der Waals surface area contributed by atoms with E-state index in [9.17, 15) is 14.7 Å². The fourth-order valence-electron chi connectivity index (χ4n) is 6.65. The molecule has 0 amide bonds. The minimum absolute atomic E-state index is 0.116. The summed E-state index contributed by atoms with van der Waals surface area (Å²) in [5.74, 6) is -1.35. The van der Waals surface area contributed by atoms with Crippen LogP contribution in [0.4, 0.5) is 0 Å². The van der Waals surface area contributed by atoms with Gasteiger partial charge in [0.25, 0.3) is 0 Å². The van der Waals surface area contributed by atoms with E-state index < -0.39 is 11.9 Å². The zero-order valence-electron chi connectivity index (χ0n) is 29.7. The molecule has 0 aliphatic heterocycles. The molecule has 262 valence electrons. The molecule has 0 saturated carbocycles. The fraction of sp³-hybridized carbons (Fsp3) is 0.950. The van der Waals surface area contributed by atoms with Crippen LogP contribution in [0.3, 0.4) is 0 Å². The molecule has 0 aromatic rings. The van der Waals surface area contributed by atoms with Crippen LogP contribution in [-0.4, -0.2) is 22.2 Å². The zero-order chi connectivity index (χ0) is 32.2. The first-order valence-electron chi connectivity index (χ1n) is 20.0. The molecule has 0 fully saturated rings. The van der Waals surface area contributed by atoms with Gasteiger partial charge in [-0.3, -0.25) is 9.59 Å². The van der Waals surface area contributed by atoms with E-state index in [0.717, 1.165) is 38.5 Å². The number of carboxylic acid groups (broad SMARTS) is 2. The lowest BCUT2D eigenvalue weighted by Crippen LogP contribution is -2.13. The molecule has 0 aliphatic carbocycles. The molecule has 0 rings (SSSR count). The van der Waals surface area contributed by atoms with E-state index in [0.29, 0.717) is 6.42 Å². The van der Waals surface area contributed by atoms with Gasteiger partial charge in [0.05, 0.1) is 5.92 Å². The third kappa shape index (κ3) is 35.4. The maximum atomic E-state index is 11.7. The minimum Gasteiger partial charge on any atom is -0.481 e. The SMILES string of the molecule is CCCCCCCCCCCCCCCCC(CCCCCCCCCCCCCCCCCCCCCC(=O)O)C(=O)O. The molecule has 2 N–H and O–H groups in total. The van der Waals surface area contributed by atoms with Crippen molar-refractivity contribution < 1.29 is 19.8 Å². The molecule has 1 unspecified atom stereocenters. The Balaban J connectivity index is 3.35. The van der Waals surface area contributed by atoms with Gasteiger partial charge in [0.1, 0.15) is 0 Å². The number of unbranched alkanes of at least 4 members (excludes halogenated alkanes) is 31. The van der Waals surface area contributed by atoms with E-state index in [2.05, 4.69) is 6.92 Å². The molecule has 0 aliphatic rings. The maximum absolute atomic E-state index is 11.7. The lowest BCUT2D eigenvalue weighted by molar-refractivity contribution is -0.142. The van der Waals surface area contributed by atoms with Crippen LogP contribution in [0.1, 0.15) is 238 Å². The van der Waals surface area contributed by atoms with Crippen molar-refractivity contribution in [3.63, 3.8) is 0 Å². The number of hydrogen-bond donors (Lipinski definition) is 2. The Morgan fingerprint density at radius 2 is 0.591 bits per heavy atom. The smallest absolute Gasteiger partial charge is 0.306 e. The van der Waals surface area contributed by atoms with Crippen LogP contribution in [0.5, 0.6) is 0 Å². The molecule has 0 radical (unpaired) electrons. The van der Waals surface area contributed by atoms with Gasteiger partial charge in [0.15, 0.2) is 0 Å². The van der Waals surface area contributed by atoms with Gasteiger partial charge in [-0.1, -0.05) is 212 Å². The van der Waals surface area contributed by atoms with Crippen molar-refractivity contribution in [3.05, 3.63) is 0 Å². The van der Waals surface area contributed by atoms with E-state index in [4.69, 9.17) is 5.11 Å². The van der Waals surface area contributed by atoms with Gasteiger partial charge in [-0.25, -0.2) is 0 Å². The first-order valence-corrected chi connectivity index (χ1v) is 20.0. The molecule has 1 atom stereocenters. The second-order valence-corrected chi connectivity index (χ2v) is 14.1. The standard InChI is InChI=1S/C40H78O4/c1-2-3-4-5-6-7-8-9-17-20-23-26-29-32-35-38(40(43)44)36-33-30-27-24-21-18-15-13-11-10-12-14-16-19-22-25-28-31-34-37-39(41)42/h38H,2-37H2,1H3,(H,41,42)(H,43,44). The first-order chi connectivity index (χ1) is 21.6. The van der Waals surface area contributed by atoms with Crippen LogP contribution in [-0.2, 0) is 9.59 Å². The molecule has 0 bridgehead atoms. The van der Waals surface area contributed by atoms with E-state index in [1.165, 1.54) is 186 Å². The lowest BCUT2D eigenvalue weighted by atomic mass is 9.94. The maximum Gasteiger partial charge on any atom is 0.306 e. The van der Waals surface area contributed by atoms with Crippen molar-refractivity contribution in [3.8, 4) is 0 Å². The third-order valence-corrected chi connectivity index (χ3v) is 9.70. The summed E-state index contributed by atoms with van der Waals surface area (Å²) in [5.41, 5.74) is 0. The largest absolute Gasteiger partial charge is 0.481 e. The predicted octanol–water partition coefficient (Wildman–Crippen LogP) is 13.8. The summed E-state index contributed by atoms with van der Waals surface area (Å²) in [7, 11) is 0. The number of rotatable bonds is 38. The zero-order valence-corrected chi connectivity index (χ0v) is 29.7. The second kappa shape index (κ2) is 36.4. The summed E-state index contributed by atoms with van der Waals surface area (Å²) in [6.45, 7) is 2.28. The first kappa shape index (κ1) is 42.9. The summed E-state index contributed by atoms with van der Waals surface area (Å²) < 4.78 is 0. The monoisotopic (exact) mass is 623 g/mol. The highest BCUT2D eigenvalue weighted by Gasteiger charge is 2.16. The highest BCUT2D eigenvalue weighted by molar-refractivity contribution is 5.69. The van der Waals surface area contributed by atoms with Gasteiger partial charge in [-0.15, -0.1) is 0 Å². The molecule has 0 aromatic heterocycles. The van der Waals surface area contributed by atoms with Gasteiger partial charge in [-0.05, 0) is 19.3 Å². The van der Waals surface area contributed by atoms with Crippen LogP contribution in [0.2, 0.25) is 0 Å². The number of carboxylic acids is 2. The lowest BCUT2D eigenvalue weighted by Gasteiger charge is -2.12. The average molecular weight is 623 g/mol. The van der Waals surface area contributed by atoms with Crippen LogP contribution in [0.25, 0.3) is 0 Å². The highest BCUT2D eigenvalue weighted by Crippen LogP contribution is 2.21. The van der Waals surface area contributed by atoms with Crippen molar-refractivity contribution in [2.75, 3.05) is 0 Å². The Kier molecular flexibility index (Phi) is 35.5. The Morgan fingerprint density at radius 3 is 0.818 bits per heavy atom. The summed E-state index contributed by atoms with van der Waals surface area (Å²) >= 11 is 0. The molecule has 0 heterocycles. The molecule has 0 spiro atoms. The van der Waals surface area contributed by atoms with E-state index in [1.807, 2.05) is 0 Å². The van der Waals surface area contributed by atoms with Crippen molar-refractivity contribution in [1.82, 2.24) is 0 Å². The minimum atomic E-state index is -0.662. The topological polar surface area (TPSA) is 74.6 Å². The fourth-order valence-corrected chi connectivity index (χ4v) is 6.65. The van der Waals surface area contributed by atoms with Gasteiger partial charge in [0.2, 0.25) is 0 Å². The van der Waals surface area contributed by atoms with E-state index in [1.54, 1.807) is 0 Å². The quantitative estimate of drug-likeness (QED) is 0.0672. The Bertz CT molecular complexity index is 590. The van der Waals surface area contributed by atoms with Gasteiger partial charge >= 0.3 is 11.9 Å². The van der Waals surface area contributed by atoms with Crippen LogP contribution in [0.15, 0.2) is 0 Å². The van der Waals surface area contributed by atoms with Crippen molar-refractivity contribution in [1.29, 1.82) is 0 Å². The number of aliphatic carboxylic acids is 2. The Labute approximate surface area is 275 Å². The molecular formula is C40H78O4. The predicted molar refractivity (Wildman–Crippen MR) is 191 cm³/mol. The Hall–Kier alpha value is -1.06. The summed E-state index contributed by atoms with van der Waals surface area (Å²) in [5, 5.41) is 18.3. The van der Waals surface area contributed by atoms with Gasteiger partial charge in [-0.2, -0.15) is 0 Å². The molecular weight excluding hydrogens is 544 g/mol. The van der Waals surface area contributed by atoms with E-state index >= 15 is 0 Å². The molecule has 4 heteroatoms. The van der Waals surface area contributed by atoms with Crippen LogP contribution in [0, 0.1) is 5.92 Å². The van der Waals surface area contributed by atoms with Crippen LogP contribution >= 0.6 is 0 Å². The van der Waals surface area contributed by atoms with Gasteiger partial charge in [0, 0.05) is 6.42 Å². The van der Waals surface area contributed by atoms with E-state index in [-0.39, 0.29) is 5.92 Å². The van der Waals surface area contributed by atoms with Crippen molar-refractivity contribution in [2.45, 2.75) is 238 Å². The summed E-state index contributed by atoms with van der Waals surface area (Å²) in [6.07, 6.45) is 45.3. The second-order valence-electron chi connectivity index (χ2n) is 14.1. The number of hydrogen-bond acceptors (Lipinski definition) is 2. The summed E-state index contributed by atoms with van der Waals surface area (Å²) in [4.78, 5) is 22.2. The molecule has 0 saturated heterocycles. The van der Waals surface area contributed by atoms with Crippen molar-refractivity contribution in [2.24, 2.45) is 5.92 Å². The molecule has 0 aromatic carbocycles. The Morgan fingerprint density at radius 1 is 0.364 bits per heavy atom. The highest BCUT2D eigenvalue weighted by atomic mass is 16.4. The molecule has 44 heavy (non-hydrogen) atoms. The van der Waals surface area contributed by atoms with Gasteiger partial charge < -0.3 is 10.2 Å². The number of carbonyl (C=O) groups is 2. The average Bonchev–Trinajstić information content (AvgIpc) is 3.00. The normalized spacial score (nSPS) is 12.1.